The highest BCUT2D eigenvalue weighted by atomic mass is 35.5. The molecule has 1 amide bonds. The van der Waals surface area contributed by atoms with Crippen LogP contribution in [0.3, 0.4) is 0 Å². The van der Waals surface area contributed by atoms with Gasteiger partial charge in [0.2, 0.25) is 0 Å². The number of rotatable bonds is 5. The number of aryl methyl sites for hydroxylation is 1. The van der Waals surface area contributed by atoms with Crippen molar-refractivity contribution < 1.29 is 14.3 Å². The molecule has 2 aromatic carbocycles. The zero-order valence-corrected chi connectivity index (χ0v) is 14.5. The van der Waals surface area contributed by atoms with Crippen LogP contribution in [0.4, 0.5) is 5.69 Å². The van der Waals surface area contributed by atoms with Crippen molar-refractivity contribution in [3.05, 3.63) is 52.5 Å². The lowest BCUT2D eigenvalue weighted by atomic mass is 10.1. The molecule has 23 heavy (non-hydrogen) atoms. The molecule has 122 valence electrons. The fraction of sp³-hybridized carbons (Fsp3) is 0.278. The van der Waals surface area contributed by atoms with Crippen molar-refractivity contribution in [1.82, 2.24) is 0 Å². The molecule has 2 rings (SSSR count). The summed E-state index contributed by atoms with van der Waals surface area (Å²) in [4.78, 5) is 14.6. The molecule has 0 saturated heterocycles. The average Bonchev–Trinajstić information content (AvgIpc) is 2.56. The molecule has 0 heterocycles. The standard InChI is InChI=1S/C18H20ClNO3/c1-5-20(15-9-7-6-8-12(15)2)18(21)13-10-14(19)17(23-4)16(11-13)22-3/h6-11H,5H2,1-4H3. The summed E-state index contributed by atoms with van der Waals surface area (Å²) in [7, 11) is 3.03. The first kappa shape index (κ1) is 17.2. The first-order valence-electron chi connectivity index (χ1n) is 7.32. The minimum Gasteiger partial charge on any atom is -0.493 e. The predicted octanol–water partition coefficient (Wildman–Crippen LogP) is 4.33. The monoisotopic (exact) mass is 333 g/mol. The Morgan fingerprint density at radius 1 is 1.17 bits per heavy atom. The van der Waals surface area contributed by atoms with Crippen molar-refractivity contribution in [2.75, 3.05) is 25.7 Å². The van der Waals surface area contributed by atoms with Gasteiger partial charge in [-0.25, -0.2) is 0 Å². The number of carbonyl (C=O) groups is 1. The van der Waals surface area contributed by atoms with Crippen molar-refractivity contribution in [2.45, 2.75) is 13.8 Å². The van der Waals surface area contributed by atoms with Gasteiger partial charge in [-0.1, -0.05) is 29.8 Å². The quantitative estimate of drug-likeness (QED) is 0.817. The van der Waals surface area contributed by atoms with Crippen LogP contribution < -0.4 is 14.4 Å². The number of nitrogens with zero attached hydrogens (tertiary/aromatic N) is 1. The maximum atomic E-state index is 12.9. The van der Waals surface area contributed by atoms with Crippen LogP contribution in [-0.2, 0) is 0 Å². The van der Waals surface area contributed by atoms with E-state index in [0.29, 0.717) is 28.6 Å². The Balaban J connectivity index is 2.46. The fourth-order valence-corrected chi connectivity index (χ4v) is 2.77. The summed E-state index contributed by atoms with van der Waals surface area (Å²) < 4.78 is 10.5. The van der Waals surface area contributed by atoms with Gasteiger partial charge in [-0.05, 0) is 37.6 Å². The molecule has 0 aromatic heterocycles. The van der Waals surface area contributed by atoms with Gasteiger partial charge in [0.15, 0.2) is 11.5 Å². The minimum atomic E-state index is -0.135. The number of ether oxygens (including phenoxy) is 2. The molecule has 2 aromatic rings. The van der Waals surface area contributed by atoms with E-state index in [-0.39, 0.29) is 5.91 Å². The van der Waals surface area contributed by atoms with E-state index in [2.05, 4.69) is 0 Å². The Hall–Kier alpha value is -2.20. The van der Waals surface area contributed by atoms with Crippen LogP contribution in [0.25, 0.3) is 0 Å². The van der Waals surface area contributed by atoms with E-state index >= 15 is 0 Å². The molecule has 5 heteroatoms. The van der Waals surface area contributed by atoms with Crippen LogP contribution in [0.1, 0.15) is 22.8 Å². The summed E-state index contributed by atoms with van der Waals surface area (Å²) in [6.07, 6.45) is 0. The number of anilines is 1. The second-order valence-electron chi connectivity index (χ2n) is 5.03. The van der Waals surface area contributed by atoms with E-state index in [1.54, 1.807) is 17.0 Å². The van der Waals surface area contributed by atoms with Gasteiger partial charge in [-0.2, -0.15) is 0 Å². The highest BCUT2D eigenvalue weighted by Crippen LogP contribution is 2.36. The highest BCUT2D eigenvalue weighted by molar-refractivity contribution is 6.32. The first-order chi connectivity index (χ1) is 11.0. The maximum absolute atomic E-state index is 12.9. The van der Waals surface area contributed by atoms with Gasteiger partial charge in [-0.3, -0.25) is 4.79 Å². The lowest BCUT2D eigenvalue weighted by molar-refractivity contribution is 0.0987. The third kappa shape index (κ3) is 3.42. The number of para-hydroxylation sites is 1. The smallest absolute Gasteiger partial charge is 0.258 e. The van der Waals surface area contributed by atoms with Crippen molar-refractivity contribution in [2.24, 2.45) is 0 Å². The molecule has 0 bridgehead atoms. The Morgan fingerprint density at radius 2 is 1.87 bits per heavy atom. The molecule has 0 radical (unpaired) electrons. The summed E-state index contributed by atoms with van der Waals surface area (Å²) in [5.41, 5.74) is 2.37. The summed E-state index contributed by atoms with van der Waals surface area (Å²) in [6.45, 7) is 4.47. The van der Waals surface area contributed by atoms with Gasteiger partial charge in [0, 0.05) is 17.8 Å². The van der Waals surface area contributed by atoms with Crippen LogP contribution >= 0.6 is 11.6 Å². The molecule has 0 atom stereocenters. The van der Waals surface area contributed by atoms with E-state index in [0.717, 1.165) is 11.3 Å². The molecule has 0 fully saturated rings. The average molecular weight is 334 g/mol. The Labute approximate surface area is 141 Å². The lowest BCUT2D eigenvalue weighted by Crippen LogP contribution is -2.31. The molecule has 0 N–H and O–H groups in total. The van der Waals surface area contributed by atoms with Gasteiger partial charge < -0.3 is 14.4 Å². The molecule has 0 aliphatic heterocycles. The van der Waals surface area contributed by atoms with Crippen molar-refractivity contribution in [3.8, 4) is 11.5 Å². The minimum absolute atomic E-state index is 0.135. The summed E-state index contributed by atoms with van der Waals surface area (Å²) in [6, 6.07) is 11.0. The van der Waals surface area contributed by atoms with Gasteiger partial charge in [0.25, 0.3) is 5.91 Å². The number of halogens is 1. The number of amides is 1. The summed E-state index contributed by atoms with van der Waals surface area (Å²) >= 11 is 6.21. The Bertz CT molecular complexity index is 715. The second kappa shape index (κ2) is 7.38. The van der Waals surface area contributed by atoms with E-state index < -0.39 is 0 Å². The molecule has 0 unspecified atom stereocenters. The van der Waals surface area contributed by atoms with Gasteiger partial charge in [0.1, 0.15) is 0 Å². The van der Waals surface area contributed by atoms with Crippen LogP contribution in [-0.4, -0.2) is 26.7 Å². The number of benzene rings is 2. The number of hydrogen-bond donors (Lipinski definition) is 0. The van der Waals surface area contributed by atoms with Crippen molar-refractivity contribution >= 4 is 23.2 Å². The Morgan fingerprint density at radius 3 is 2.43 bits per heavy atom. The summed E-state index contributed by atoms with van der Waals surface area (Å²) in [5.74, 6) is 0.721. The van der Waals surface area contributed by atoms with Crippen LogP contribution in [0.5, 0.6) is 11.5 Å². The third-order valence-corrected chi connectivity index (χ3v) is 3.93. The van der Waals surface area contributed by atoms with Crippen LogP contribution in [0.2, 0.25) is 5.02 Å². The zero-order chi connectivity index (χ0) is 17.0. The molecule has 0 spiro atoms. The normalized spacial score (nSPS) is 10.3. The molecule has 4 nitrogen and oxygen atoms in total. The van der Waals surface area contributed by atoms with E-state index in [4.69, 9.17) is 21.1 Å². The second-order valence-corrected chi connectivity index (χ2v) is 5.44. The lowest BCUT2D eigenvalue weighted by Gasteiger charge is -2.23. The maximum Gasteiger partial charge on any atom is 0.258 e. The SMILES string of the molecule is CCN(C(=O)c1cc(Cl)c(OC)c(OC)c1)c1ccccc1C. The zero-order valence-electron chi connectivity index (χ0n) is 13.7. The number of methoxy groups -OCH3 is 2. The third-order valence-electron chi connectivity index (χ3n) is 3.65. The van der Waals surface area contributed by atoms with Crippen LogP contribution in [0.15, 0.2) is 36.4 Å². The van der Waals surface area contributed by atoms with Gasteiger partial charge >= 0.3 is 0 Å². The van der Waals surface area contributed by atoms with Crippen molar-refractivity contribution in [3.63, 3.8) is 0 Å². The van der Waals surface area contributed by atoms with E-state index in [1.807, 2.05) is 38.1 Å². The largest absolute Gasteiger partial charge is 0.493 e. The van der Waals surface area contributed by atoms with Crippen LogP contribution in [0, 0.1) is 6.92 Å². The number of carbonyl (C=O) groups excluding carboxylic acids is 1. The highest BCUT2D eigenvalue weighted by Gasteiger charge is 2.21. The van der Waals surface area contributed by atoms with E-state index in [9.17, 15) is 4.79 Å². The fourth-order valence-electron chi connectivity index (χ4n) is 2.49. The van der Waals surface area contributed by atoms with Crippen molar-refractivity contribution in [1.29, 1.82) is 0 Å². The Kier molecular flexibility index (Phi) is 5.50. The molecular formula is C18H20ClNO3. The topological polar surface area (TPSA) is 38.8 Å². The van der Waals surface area contributed by atoms with Gasteiger partial charge in [-0.15, -0.1) is 0 Å². The molecule has 0 aliphatic rings. The van der Waals surface area contributed by atoms with E-state index in [1.165, 1.54) is 14.2 Å². The molecular weight excluding hydrogens is 314 g/mol. The number of hydrogen-bond acceptors (Lipinski definition) is 3. The summed E-state index contributed by atoms with van der Waals surface area (Å²) in [5, 5.41) is 0.344. The molecule has 0 saturated carbocycles. The van der Waals surface area contributed by atoms with Gasteiger partial charge in [0.05, 0.1) is 19.2 Å². The first-order valence-corrected chi connectivity index (χ1v) is 7.70. The predicted molar refractivity (Wildman–Crippen MR) is 93.1 cm³/mol. The molecule has 0 aliphatic carbocycles.